The molecule has 1 fully saturated rings. The molecule has 0 bridgehead atoms. The first-order chi connectivity index (χ1) is 12.5. The van der Waals surface area contributed by atoms with Gasteiger partial charge >= 0.3 is 0 Å². The maximum atomic E-state index is 13.2. The first-order valence-electron chi connectivity index (χ1n) is 9.50. The number of hydrogen-bond donors (Lipinski definition) is 0. The van der Waals surface area contributed by atoms with E-state index in [1.165, 1.54) is 5.56 Å². The number of piperidine rings is 1. The fourth-order valence-corrected chi connectivity index (χ4v) is 3.83. The van der Waals surface area contributed by atoms with E-state index in [4.69, 9.17) is 4.74 Å². The van der Waals surface area contributed by atoms with E-state index in [1.807, 2.05) is 30.9 Å². The average molecular weight is 355 g/mol. The topological polar surface area (TPSA) is 47.4 Å². The molecule has 1 aliphatic rings. The van der Waals surface area contributed by atoms with Gasteiger partial charge in [0.15, 0.2) is 0 Å². The van der Waals surface area contributed by atoms with E-state index in [-0.39, 0.29) is 11.3 Å². The van der Waals surface area contributed by atoms with Crippen LogP contribution in [0.3, 0.4) is 0 Å². The number of aromatic nitrogens is 2. The van der Waals surface area contributed by atoms with Crippen LogP contribution in [0, 0.1) is 6.92 Å². The zero-order valence-electron chi connectivity index (χ0n) is 16.1. The van der Waals surface area contributed by atoms with Gasteiger partial charge in [-0.25, -0.2) is 0 Å². The fraction of sp³-hybridized carbons (Fsp3) is 0.524. The van der Waals surface area contributed by atoms with Gasteiger partial charge < -0.3 is 9.64 Å². The molecule has 5 nitrogen and oxygen atoms in total. The summed E-state index contributed by atoms with van der Waals surface area (Å²) in [6.07, 6.45) is 2.12. The van der Waals surface area contributed by atoms with E-state index < -0.39 is 0 Å². The zero-order chi connectivity index (χ0) is 18.6. The molecule has 0 saturated carbocycles. The molecule has 2 aromatic rings. The minimum Gasteiger partial charge on any atom is -0.380 e. The highest BCUT2D eigenvalue weighted by molar-refractivity contribution is 5.93. The quantitative estimate of drug-likeness (QED) is 0.746. The number of amides is 1. The Morgan fingerprint density at radius 3 is 2.81 bits per heavy atom. The number of aryl methyl sites for hydroxylation is 1. The number of ether oxygens (including phenoxy) is 1. The summed E-state index contributed by atoms with van der Waals surface area (Å²) in [5.41, 5.74) is 2.84. The Balaban J connectivity index is 1.78. The molecule has 0 N–H and O–H groups in total. The number of likely N-dealkylation sites (tertiary alicyclic amines) is 1. The zero-order valence-corrected chi connectivity index (χ0v) is 16.1. The summed E-state index contributed by atoms with van der Waals surface area (Å²) in [5.74, 6) is 0.0731. The second kappa shape index (κ2) is 8.04. The molecule has 140 valence electrons. The molecule has 1 saturated heterocycles. The highest BCUT2D eigenvalue weighted by Gasteiger charge is 2.35. The summed E-state index contributed by atoms with van der Waals surface area (Å²) in [7, 11) is 0. The van der Waals surface area contributed by atoms with Crippen molar-refractivity contribution >= 4 is 5.91 Å². The standard InChI is InChI=1S/C21H29N3O2/c1-4-26-14-13-24-19(15-17(2)22-24)20(25)23-12-8-11-21(3,16-23)18-9-6-5-7-10-18/h5-7,9-10,15H,4,8,11-14,16H2,1-3H3/t21-/m0/s1. The number of hydrogen-bond acceptors (Lipinski definition) is 3. The third-order valence-corrected chi connectivity index (χ3v) is 5.23. The molecule has 3 rings (SSSR count). The van der Waals surface area contributed by atoms with Crippen LogP contribution in [-0.4, -0.2) is 46.9 Å². The largest absolute Gasteiger partial charge is 0.380 e. The predicted molar refractivity (Wildman–Crippen MR) is 102 cm³/mol. The van der Waals surface area contributed by atoms with Gasteiger partial charge in [0.1, 0.15) is 5.69 Å². The average Bonchev–Trinajstić information content (AvgIpc) is 3.03. The Hall–Kier alpha value is -2.14. The lowest BCUT2D eigenvalue weighted by Gasteiger charge is -2.41. The summed E-state index contributed by atoms with van der Waals surface area (Å²) in [5, 5.41) is 4.48. The van der Waals surface area contributed by atoms with Crippen LogP contribution >= 0.6 is 0 Å². The molecule has 0 unspecified atom stereocenters. The van der Waals surface area contributed by atoms with Gasteiger partial charge in [0.25, 0.3) is 5.91 Å². The number of rotatable bonds is 6. The first-order valence-corrected chi connectivity index (χ1v) is 9.50. The summed E-state index contributed by atoms with van der Waals surface area (Å²) < 4.78 is 7.23. The Labute approximate surface area is 156 Å². The lowest BCUT2D eigenvalue weighted by molar-refractivity contribution is 0.0633. The van der Waals surface area contributed by atoms with Crippen LogP contribution in [0.15, 0.2) is 36.4 Å². The number of carbonyl (C=O) groups is 1. The summed E-state index contributed by atoms with van der Waals surface area (Å²) in [6.45, 7) is 9.55. The minimum atomic E-state index is 0.000385. The van der Waals surface area contributed by atoms with Crippen LogP contribution in [0.5, 0.6) is 0 Å². The molecule has 1 aliphatic heterocycles. The van der Waals surface area contributed by atoms with Gasteiger partial charge in [-0.05, 0) is 38.3 Å². The lowest BCUT2D eigenvalue weighted by Crippen LogP contribution is -2.47. The second-order valence-electron chi connectivity index (χ2n) is 7.35. The van der Waals surface area contributed by atoms with Crippen molar-refractivity contribution in [3.8, 4) is 0 Å². The molecule has 1 aromatic carbocycles. The molecule has 2 heterocycles. The Bertz CT molecular complexity index is 741. The van der Waals surface area contributed by atoms with Crippen LogP contribution < -0.4 is 0 Å². The van der Waals surface area contributed by atoms with Crippen LogP contribution in [0.2, 0.25) is 0 Å². The third kappa shape index (κ3) is 3.98. The van der Waals surface area contributed by atoms with E-state index in [0.29, 0.717) is 25.5 Å². The summed E-state index contributed by atoms with van der Waals surface area (Å²) in [4.78, 5) is 15.2. The Morgan fingerprint density at radius 1 is 1.31 bits per heavy atom. The molecular weight excluding hydrogens is 326 g/mol. The van der Waals surface area contributed by atoms with Gasteiger partial charge in [0, 0.05) is 25.1 Å². The molecule has 1 aromatic heterocycles. The molecule has 5 heteroatoms. The van der Waals surface area contributed by atoms with Crippen molar-refractivity contribution in [1.82, 2.24) is 14.7 Å². The predicted octanol–water partition coefficient (Wildman–Crippen LogP) is 3.42. The van der Waals surface area contributed by atoms with Gasteiger partial charge in [-0.3, -0.25) is 9.48 Å². The highest BCUT2D eigenvalue weighted by Crippen LogP contribution is 2.34. The van der Waals surface area contributed by atoms with Crippen molar-refractivity contribution < 1.29 is 9.53 Å². The lowest BCUT2D eigenvalue weighted by atomic mass is 9.76. The van der Waals surface area contributed by atoms with E-state index in [9.17, 15) is 4.79 Å². The molecule has 1 atom stereocenters. The molecule has 0 radical (unpaired) electrons. The van der Waals surface area contributed by atoms with E-state index >= 15 is 0 Å². The monoisotopic (exact) mass is 355 g/mol. The third-order valence-electron chi connectivity index (χ3n) is 5.23. The summed E-state index contributed by atoms with van der Waals surface area (Å²) in [6, 6.07) is 12.4. The van der Waals surface area contributed by atoms with Gasteiger partial charge in [-0.2, -0.15) is 5.10 Å². The maximum absolute atomic E-state index is 13.2. The van der Waals surface area contributed by atoms with E-state index in [2.05, 4.69) is 36.3 Å². The van der Waals surface area contributed by atoms with Gasteiger partial charge in [-0.15, -0.1) is 0 Å². The van der Waals surface area contributed by atoms with Crippen LogP contribution in [0.1, 0.15) is 48.4 Å². The Morgan fingerprint density at radius 2 is 2.08 bits per heavy atom. The molecule has 1 amide bonds. The number of nitrogens with zero attached hydrogens (tertiary/aromatic N) is 3. The molecular formula is C21H29N3O2. The highest BCUT2D eigenvalue weighted by atomic mass is 16.5. The van der Waals surface area contributed by atoms with Crippen LogP contribution in [-0.2, 0) is 16.7 Å². The molecule has 0 spiro atoms. The van der Waals surface area contributed by atoms with Crippen molar-refractivity contribution in [2.75, 3.05) is 26.3 Å². The van der Waals surface area contributed by atoms with Gasteiger partial charge in [0.2, 0.25) is 0 Å². The van der Waals surface area contributed by atoms with E-state index in [0.717, 1.165) is 31.6 Å². The van der Waals surface area contributed by atoms with Crippen molar-refractivity contribution in [3.05, 3.63) is 53.3 Å². The normalized spacial score (nSPS) is 20.3. The molecule has 0 aliphatic carbocycles. The maximum Gasteiger partial charge on any atom is 0.272 e. The van der Waals surface area contributed by atoms with Crippen molar-refractivity contribution in [2.45, 2.75) is 45.6 Å². The fourth-order valence-electron chi connectivity index (χ4n) is 3.83. The SMILES string of the molecule is CCOCCn1nc(C)cc1C(=O)N1CCC[C@](C)(c2ccccc2)C1. The smallest absolute Gasteiger partial charge is 0.272 e. The van der Waals surface area contributed by atoms with Crippen LogP contribution in [0.4, 0.5) is 0 Å². The van der Waals surface area contributed by atoms with Crippen molar-refractivity contribution in [2.24, 2.45) is 0 Å². The van der Waals surface area contributed by atoms with E-state index in [1.54, 1.807) is 4.68 Å². The van der Waals surface area contributed by atoms with Crippen molar-refractivity contribution in [1.29, 1.82) is 0 Å². The number of carbonyl (C=O) groups excluding carboxylic acids is 1. The number of benzene rings is 1. The summed E-state index contributed by atoms with van der Waals surface area (Å²) >= 11 is 0. The second-order valence-corrected chi connectivity index (χ2v) is 7.35. The minimum absolute atomic E-state index is 0.000385. The first kappa shape index (κ1) is 18.6. The Kier molecular flexibility index (Phi) is 5.77. The molecule has 26 heavy (non-hydrogen) atoms. The van der Waals surface area contributed by atoms with Gasteiger partial charge in [0.05, 0.1) is 18.8 Å². The van der Waals surface area contributed by atoms with Gasteiger partial charge in [-0.1, -0.05) is 37.3 Å². The van der Waals surface area contributed by atoms with Crippen LogP contribution in [0.25, 0.3) is 0 Å². The van der Waals surface area contributed by atoms with Crippen molar-refractivity contribution in [3.63, 3.8) is 0 Å².